The van der Waals surface area contributed by atoms with E-state index in [1.165, 1.54) is 0 Å². The predicted molar refractivity (Wildman–Crippen MR) is 82.5 cm³/mol. The van der Waals surface area contributed by atoms with Crippen LogP contribution in [-0.4, -0.2) is 28.0 Å². The van der Waals surface area contributed by atoms with Crippen molar-refractivity contribution in [3.05, 3.63) is 35.5 Å². The Labute approximate surface area is 137 Å². The zero-order chi connectivity index (χ0) is 16.5. The van der Waals surface area contributed by atoms with Gasteiger partial charge in [-0.2, -0.15) is 4.98 Å². The van der Waals surface area contributed by atoms with E-state index in [2.05, 4.69) is 20.8 Å². The SMILES string of the molecule is O=C1CCc2ccc(OCc3noc(C(=O)NC4CC4)n3)cc2N1. The summed E-state index contributed by atoms with van der Waals surface area (Å²) in [6.45, 7) is 0.0763. The van der Waals surface area contributed by atoms with Crippen LogP contribution in [0.4, 0.5) is 5.69 Å². The number of anilines is 1. The summed E-state index contributed by atoms with van der Waals surface area (Å²) < 4.78 is 10.5. The maximum absolute atomic E-state index is 11.8. The lowest BCUT2D eigenvalue weighted by molar-refractivity contribution is -0.116. The molecule has 0 spiro atoms. The molecule has 2 N–H and O–H groups in total. The fraction of sp³-hybridized carbons (Fsp3) is 0.375. The van der Waals surface area contributed by atoms with Crippen molar-refractivity contribution in [1.82, 2.24) is 15.5 Å². The molecule has 1 saturated carbocycles. The van der Waals surface area contributed by atoms with Crippen molar-refractivity contribution in [2.45, 2.75) is 38.3 Å². The largest absolute Gasteiger partial charge is 0.485 e. The highest BCUT2D eigenvalue weighted by molar-refractivity contribution is 5.94. The number of benzene rings is 1. The third kappa shape index (κ3) is 3.22. The summed E-state index contributed by atoms with van der Waals surface area (Å²) in [6.07, 6.45) is 3.21. The van der Waals surface area contributed by atoms with Crippen molar-refractivity contribution in [3.63, 3.8) is 0 Å². The minimum Gasteiger partial charge on any atom is -0.485 e. The molecule has 1 aliphatic carbocycles. The summed E-state index contributed by atoms with van der Waals surface area (Å²) in [5.74, 6) is 0.470. The van der Waals surface area contributed by atoms with E-state index in [0.717, 1.165) is 30.5 Å². The van der Waals surface area contributed by atoms with Gasteiger partial charge in [-0.1, -0.05) is 11.2 Å². The van der Waals surface area contributed by atoms with Gasteiger partial charge in [-0.3, -0.25) is 9.59 Å². The maximum Gasteiger partial charge on any atom is 0.316 e. The number of rotatable bonds is 5. The first-order valence-corrected chi connectivity index (χ1v) is 7.86. The van der Waals surface area contributed by atoms with Crippen LogP contribution in [0.5, 0.6) is 5.75 Å². The van der Waals surface area contributed by atoms with Gasteiger partial charge in [0.15, 0.2) is 6.61 Å². The van der Waals surface area contributed by atoms with Crippen LogP contribution in [0.3, 0.4) is 0 Å². The van der Waals surface area contributed by atoms with Crippen molar-refractivity contribution < 1.29 is 18.8 Å². The lowest BCUT2D eigenvalue weighted by atomic mass is 10.0. The van der Waals surface area contributed by atoms with Crippen LogP contribution in [0.15, 0.2) is 22.7 Å². The van der Waals surface area contributed by atoms with Crippen LogP contribution in [0, 0.1) is 0 Å². The van der Waals surface area contributed by atoms with Crippen LogP contribution < -0.4 is 15.4 Å². The molecule has 0 atom stereocenters. The van der Waals surface area contributed by atoms with Crippen LogP contribution in [0.25, 0.3) is 0 Å². The van der Waals surface area contributed by atoms with Crippen LogP contribution in [0.2, 0.25) is 0 Å². The van der Waals surface area contributed by atoms with Crippen molar-refractivity contribution in [3.8, 4) is 5.75 Å². The molecule has 0 unspecified atom stereocenters. The van der Waals surface area contributed by atoms with E-state index in [-0.39, 0.29) is 36.2 Å². The molecule has 0 radical (unpaired) electrons. The molecule has 1 aliphatic heterocycles. The fourth-order valence-electron chi connectivity index (χ4n) is 2.47. The summed E-state index contributed by atoms with van der Waals surface area (Å²) >= 11 is 0. The average molecular weight is 328 g/mol. The Bertz CT molecular complexity index is 797. The van der Waals surface area contributed by atoms with Gasteiger partial charge < -0.3 is 19.9 Å². The molecule has 2 amide bonds. The maximum atomic E-state index is 11.8. The van der Waals surface area contributed by atoms with Gasteiger partial charge in [0.05, 0.1) is 0 Å². The lowest BCUT2D eigenvalue weighted by Crippen LogP contribution is -2.25. The van der Waals surface area contributed by atoms with Crippen LogP contribution in [0.1, 0.15) is 41.3 Å². The Morgan fingerprint density at radius 3 is 3.08 bits per heavy atom. The highest BCUT2D eigenvalue weighted by Gasteiger charge is 2.26. The average Bonchev–Trinajstić information content (AvgIpc) is 3.26. The highest BCUT2D eigenvalue weighted by Crippen LogP contribution is 2.27. The third-order valence-electron chi connectivity index (χ3n) is 3.92. The van der Waals surface area contributed by atoms with E-state index >= 15 is 0 Å². The Morgan fingerprint density at radius 1 is 1.38 bits per heavy atom. The van der Waals surface area contributed by atoms with E-state index in [1.54, 1.807) is 6.07 Å². The second-order valence-corrected chi connectivity index (χ2v) is 5.92. The number of aryl methyl sites for hydroxylation is 1. The van der Waals surface area contributed by atoms with Gasteiger partial charge >= 0.3 is 11.8 Å². The molecule has 124 valence electrons. The van der Waals surface area contributed by atoms with Gasteiger partial charge in [0.1, 0.15) is 5.75 Å². The van der Waals surface area contributed by atoms with E-state index in [0.29, 0.717) is 12.2 Å². The van der Waals surface area contributed by atoms with Crippen molar-refractivity contribution in [1.29, 1.82) is 0 Å². The normalized spacial score (nSPS) is 16.2. The first-order valence-electron chi connectivity index (χ1n) is 7.86. The molecule has 1 aromatic heterocycles. The molecule has 0 bridgehead atoms. The molecule has 0 saturated heterocycles. The second kappa shape index (κ2) is 5.95. The number of aromatic nitrogens is 2. The predicted octanol–water partition coefficient (Wildman–Crippen LogP) is 1.43. The molecule has 2 heterocycles. The van der Waals surface area contributed by atoms with Crippen molar-refractivity contribution in [2.24, 2.45) is 0 Å². The molecule has 2 aromatic rings. The molecule has 8 nitrogen and oxygen atoms in total. The number of hydrogen-bond acceptors (Lipinski definition) is 6. The minimum atomic E-state index is -0.354. The number of nitrogens with zero attached hydrogens (tertiary/aromatic N) is 2. The van der Waals surface area contributed by atoms with Gasteiger partial charge in [-0.05, 0) is 30.9 Å². The topological polar surface area (TPSA) is 106 Å². The molecule has 1 fully saturated rings. The van der Waals surface area contributed by atoms with Gasteiger partial charge in [-0.15, -0.1) is 0 Å². The van der Waals surface area contributed by atoms with Gasteiger partial charge in [0.25, 0.3) is 0 Å². The van der Waals surface area contributed by atoms with Crippen LogP contribution in [-0.2, 0) is 17.8 Å². The zero-order valence-electron chi connectivity index (χ0n) is 12.9. The van der Waals surface area contributed by atoms with E-state index in [4.69, 9.17) is 9.26 Å². The van der Waals surface area contributed by atoms with Gasteiger partial charge in [0.2, 0.25) is 11.7 Å². The summed E-state index contributed by atoms with van der Waals surface area (Å²) in [6, 6.07) is 5.76. The molecule has 4 rings (SSSR count). The first-order chi connectivity index (χ1) is 11.7. The first kappa shape index (κ1) is 14.7. The molecular formula is C16H16N4O4. The number of ether oxygens (including phenoxy) is 1. The number of carbonyl (C=O) groups excluding carboxylic acids is 2. The van der Waals surface area contributed by atoms with Crippen molar-refractivity contribution in [2.75, 3.05) is 5.32 Å². The second-order valence-electron chi connectivity index (χ2n) is 5.92. The quantitative estimate of drug-likeness (QED) is 0.860. The number of amides is 2. The molecule has 24 heavy (non-hydrogen) atoms. The standard InChI is InChI=1S/C16H16N4O4/c21-14-6-2-9-1-5-11(7-12(9)18-14)23-8-13-19-16(24-20-13)15(22)17-10-3-4-10/h1,5,7,10H,2-4,6,8H2,(H,17,22)(H,18,21). The Hall–Kier alpha value is -2.90. The zero-order valence-corrected chi connectivity index (χ0v) is 12.9. The van der Waals surface area contributed by atoms with E-state index in [9.17, 15) is 9.59 Å². The number of carbonyl (C=O) groups is 2. The van der Waals surface area contributed by atoms with Gasteiger partial charge in [-0.25, -0.2) is 0 Å². The number of hydrogen-bond donors (Lipinski definition) is 2. The van der Waals surface area contributed by atoms with Crippen LogP contribution >= 0.6 is 0 Å². The van der Waals surface area contributed by atoms with E-state index < -0.39 is 0 Å². The minimum absolute atomic E-state index is 0.00383. The fourth-order valence-corrected chi connectivity index (χ4v) is 2.47. The summed E-state index contributed by atoms with van der Waals surface area (Å²) in [5, 5.41) is 9.34. The molecule has 2 aliphatic rings. The van der Waals surface area contributed by atoms with Gasteiger partial charge in [0, 0.05) is 24.2 Å². The lowest BCUT2D eigenvalue weighted by Gasteiger charge is -2.17. The number of nitrogens with one attached hydrogen (secondary N) is 2. The Balaban J connectivity index is 1.38. The van der Waals surface area contributed by atoms with Crippen molar-refractivity contribution >= 4 is 17.5 Å². The smallest absolute Gasteiger partial charge is 0.316 e. The summed E-state index contributed by atoms with van der Waals surface area (Å²) in [4.78, 5) is 27.2. The van der Waals surface area contributed by atoms with E-state index in [1.807, 2.05) is 12.1 Å². The Kier molecular flexibility index (Phi) is 3.64. The third-order valence-corrected chi connectivity index (χ3v) is 3.92. The summed E-state index contributed by atoms with van der Waals surface area (Å²) in [7, 11) is 0. The Morgan fingerprint density at radius 2 is 2.25 bits per heavy atom. The highest BCUT2D eigenvalue weighted by atomic mass is 16.5. The summed E-state index contributed by atoms with van der Waals surface area (Å²) in [5.41, 5.74) is 1.85. The monoisotopic (exact) mass is 328 g/mol. The molecule has 8 heteroatoms. The molecule has 1 aromatic carbocycles. The molecular weight excluding hydrogens is 312 g/mol. The number of fused-ring (bicyclic) bond motifs is 1.